The van der Waals surface area contributed by atoms with Crippen molar-refractivity contribution in [3.63, 3.8) is 0 Å². The van der Waals surface area contributed by atoms with Crippen LogP contribution in [-0.4, -0.2) is 31.0 Å². The summed E-state index contributed by atoms with van der Waals surface area (Å²) in [7, 11) is 1.69. The summed E-state index contributed by atoms with van der Waals surface area (Å²) >= 11 is 0. The molecule has 3 saturated carbocycles. The molecule has 0 unspecified atom stereocenters. The molecule has 5 rings (SSSR count). The van der Waals surface area contributed by atoms with Gasteiger partial charge in [0.25, 0.3) is 0 Å². The highest BCUT2D eigenvalue weighted by molar-refractivity contribution is 6.19. The van der Waals surface area contributed by atoms with E-state index < -0.39 is 0 Å². The van der Waals surface area contributed by atoms with E-state index in [1.807, 2.05) is 24.3 Å². The van der Waals surface area contributed by atoms with Crippen molar-refractivity contribution in [1.82, 2.24) is 0 Å². The number of aliphatic imine (C=N–C) groups is 3. The van der Waals surface area contributed by atoms with Crippen molar-refractivity contribution < 1.29 is 4.74 Å². The van der Waals surface area contributed by atoms with Crippen molar-refractivity contribution in [2.45, 2.75) is 32.1 Å². The van der Waals surface area contributed by atoms with Gasteiger partial charge < -0.3 is 4.74 Å². The van der Waals surface area contributed by atoms with Crippen molar-refractivity contribution in [3.8, 4) is 5.75 Å². The Morgan fingerprint density at radius 1 is 1.09 bits per heavy atom. The highest BCUT2D eigenvalue weighted by atomic mass is 16.5. The molecule has 1 aromatic carbocycles. The molecule has 2 spiro atoms. The Kier molecular flexibility index (Phi) is 2.32. The van der Waals surface area contributed by atoms with Gasteiger partial charge in [0, 0.05) is 22.1 Å². The molecule has 3 aliphatic carbocycles. The number of amidine groups is 2. The minimum absolute atomic E-state index is 0.318. The molecule has 0 saturated heterocycles. The number of hydrogen-bond acceptors (Lipinski definition) is 3. The van der Waals surface area contributed by atoms with Crippen LogP contribution < -0.4 is 4.74 Å². The van der Waals surface area contributed by atoms with Crippen LogP contribution in [0, 0.1) is 10.8 Å². The Balaban J connectivity index is 1.50. The van der Waals surface area contributed by atoms with Crippen molar-refractivity contribution in [2.75, 3.05) is 13.7 Å². The molecule has 1 aromatic rings. The molecule has 4 nitrogen and oxygen atoms in total. The summed E-state index contributed by atoms with van der Waals surface area (Å²) in [6, 6.07) is 8.03. The van der Waals surface area contributed by atoms with E-state index in [-0.39, 0.29) is 0 Å². The summed E-state index contributed by atoms with van der Waals surface area (Å²) in [5.41, 5.74) is 3.19. The van der Waals surface area contributed by atoms with E-state index >= 15 is 0 Å². The minimum Gasteiger partial charge on any atom is -0.497 e. The summed E-state index contributed by atoms with van der Waals surface area (Å²) in [5, 5.41) is 0. The molecule has 22 heavy (non-hydrogen) atoms. The Morgan fingerprint density at radius 2 is 1.82 bits per heavy atom. The Bertz CT molecular complexity index is 734. The second-order valence-corrected chi connectivity index (χ2v) is 7.10. The van der Waals surface area contributed by atoms with E-state index in [0.29, 0.717) is 10.8 Å². The third-order valence-electron chi connectivity index (χ3n) is 5.51. The average molecular weight is 293 g/mol. The molecule has 4 aliphatic rings. The van der Waals surface area contributed by atoms with Crippen LogP contribution in [0.2, 0.25) is 0 Å². The van der Waals surface area contributed by atoms with Gasteiger partial charge in [-0.3, -0.25) is 4.99 Å². The molecule has 0 radical (unpaired) electrons. The molecule has 0 bridgehead atoms. The lowest BCUT2D eigenvalue weighted by atomic mass is 10.0. The van der Waals surface area contributed by atoms with Crippen LogP contribution in [0.5, 0.6) is 5.75 Å². The van der Waals surface area contributed by atoms with Crippen molar-refractivity contribution in [1.29, 1.82) is 0 Å². The van der Waals surface area contributed by atoms with Gasteiger partial charge in [-0.05, 0) is 56.4 Å². The SMILES string of the molecule is COc1ccc(C(=NC2=NCC23CC3)N=C2CC23CC3)cc1. The van der Waals surface area contributed by atoms with Gasteiger partial charge in [-0.2, -0.15) is 0 Å². The summed E-state index contributed by atoms with van der Waals surface area (Å²) in [4.78, 5) is 14.2. The standard InChI is InChI=1S/C18H19N3O/c1-22-13-4-2-12(3-5-13)15(20-14-10-17(14)6-7-17)21-16-18(8-9-18)11-19-16/h2-5H,6-11H2,1H3. The molecule has 112 valence electrons. The van der Waals surface area contributed by atoms with Gasteiger partial charge in [-0.15, -0.1) is 0 Å². The fourth-order valence-corrected chi connectivity index (χ4v) is 3.23. The van der Waals surface area contributed by atoms with Gasteiger partial charge in [0.2, 0.25) is 0 Å². The molecule has 0 aromatic heterocycles. The van der Waals surface area contributed by atoms with Crippen LogP contribution in [0.4, 0.5) is 0 Å². The molecule has 0 amide bonds. The zero-order valence-electron chi connectivity index (χ0n) is 12.8. The van der Waals surface area contributed by atoms with Gasteiger partial charge in [0.15, 0.2) is 5.84 Å². The smallest absolute Gasteiger partial charge is 0.161 e. The van der Waals surface area contributed by atoms with E-state index in [4.69, 9.17) is 14.7 Å². The van der Waals surface area contributed by atoms with Gasteiger partial charge in [-0.1, -0.05) is 0 Å². The van der Waals surface area contributed by atoms with Crippen LogP contribution in [0.3, 0.4) is 0 Å². The van der Waals surface area contributed by atoms with Crippen LogP contribution >= 0.6 is 0 Å². The van der Waals surface area contributed by atoms with E-state index in [0.717, 1.165) is 29.5 Å². The summed E-state index contributed by atoms with van der Waals surface area (Å²) < 4.78 is 5.24. The molecule has 1 heterocycles. The van der Waals surface area contributed by atoms with Crippen molar-refractivity contribution in [2.24, 2.45) is 25.8 Å². The zero-order valence-corrected chi connectivity index (χ0v) is 12.8. The van der Waals surface area contributed by atoms with E-state index in [1.165, 1.54) is 37.8 Å². The lowest BCUT2D eigenvalue weighted by Gasteiger charge is -2.21. The van der Waals surface area contributed by atoms with E-state index in [1.54, 1.807) is 7.11 Å². The van der Waals surface area contributed by atoms with Crippen LogP contribution in [0.1, 0.15) is 37.7 Å². The van der Waals surface area contributed by atoms with E-state index in [9.17, 15) is 0 Å². The molecule has 1 aliphatic heterocycles. The Morgan fingerprint density at radius 3 is 2.32 bits per heavy atom. The topological polar surface area (TPSA) is 46.3 Å². The van der Waals surface area contributed by atoms with Gasteiger partial charge in [0.05, 0.1) is 13.7 Å². The monoisotopic (exact) mass is 293 g/mol. The summed E-state index contributed by atoms with van der Waals surface area (Å²) in [6.45, 7) is 0.961. The van der Waals surface area contributed by atoms with Crippen molar-refractivity contribution in [3.05, 3.63) is 29.8 Å². The second kappa shape index (κ2) is 4.06. The van der Waals surface area contributed by atoms with E-state index in [2.05, 4.69) is 4.99 Å². The van der Waals surface area contributed by atoms with Gasteiger partial charge >= 0.3 is 0 Å². The second-order valence-electron chi connectivity index (χ2n) is 7.10. The number of ether oxygens (including phenoxy) is 1. The fraction of sp³-hybridized carbons (Fsp3) is 0.500. The highest BCUT2D eigenvalue weighted by Crippen LogP contribution is 2.63. The first-order chi connectivity index (χ1) is 10.7. The lowest BCUT2D eigenvalue weighted by Crippen LogP contribution is -2.28. The Hall–Kier alpha value is -1.97. The summed E-state index contributed by atoms with van der Waals surface area (Å²) in [6.07, 6.45) is 6.27. The molecule has 0 atom stereocenters. The predicted octanol–water partition coefficient (Wildman–Crippen LogP) is 3.26. The maximum atomic E-state index is 5.24. The quantitative estimate of drug-likeness (QED) is 0.610. The average Bonchev–Trinajstić information content (AvgIpc) is 3.42. The largest absolute Gasteiger partial charge is 0.497 e. The summed E-state index contributed by atoms with van der Waals surface area (Å²) in [5.74, 6) is 2.72. The maximum absolute atomic E-state index is 5.24. The first-order valence-corrected chi connectivity index (χ1v) is 8.09. The third-order valence-corrected chi connectivity index (χ3v) is 5.51. The molecule has 3 fully saturated rings. The lowest BCUT2D eigenvalue weighted by molar-refractivity contribution is 0.415. The first-order valence-electron chi connectivity index (χ1n) is 8.09. The van der Waals surface area contributed by atoms with Crippen LogP contribution in [0.25, 0.3) is 0 Å². The number of rotatable bonds is 2. The fourth-order valence-electron chi connectivity index (χ4n) is 3.23. The predicted molar refractivity (Wildman–Crippen MR) is 87.2 cm³/mol. The Labute approximate surface area is 130 Å². The molecular weight excluding hydrogens is 274 g/mol. The normalized spacial score (nSPS) is 27.6. The van der Waals surface area contributed by atoms with Crippen LogP contribution in [0.15, 0.2) is 39.2 Å². The molecule has 0 N–H and O–H groups in total. The minimum atomic E-state index is 0.318. The first kappa shape index (κ1) is 12.6. The maximum Gasteiger partial charge on any atom is 0.161 e. The molecular formula is C18H19N3O. The molecule has 4 heteroatoms. The van der Waals surface area contributed by atoms with Gasteiger partial charge in [-0.25, -0.2) is 9.98 Å². The zero-order chi connectivity index (χ0) is 14.8. The number of hydrogen-bond donors (Lipinski definition) is 0. The number of benzene rings is 1. The van der Waals surface area contributed by atoms with Crippen molar-refractivity contribution >= 4 is 17.4 Å². The number of nitrogens with zero attached hydrogens (tertiary/aromatic N) is 3. The number of methoxy groups -OCH3 is 1. The third kappa shape index (κ3) is 1.86. The highest BCUT2D eigenvalue weighted by Gasteiger charge is 2.60. The van der Waals surface area contributed by atoms with Crippen LogP contribution in [-0.2, 0) is 0 Å². The van der Waals surface area contributed by atoms with Gasteiger partial charge in [0.1, 0.15) is 11.6 Å².